The summed E-state index contributed by atoms with van der Waals surface area (Å²) in [5.74, 6) is 0. The largest absolute Gasteiger partial charge is 0.422 e. The van der Waals surface area contributed by atoms with Gasteiger partial charge in [0, 0.05) is 51.2 Å². The molecule has 4 rings (SSSR count). The van der Waals surface area contributed by atoms with E-state index in [0.717, 1.165) is 37.6 Å². The number of benzene rings is 3. The van der Waals surface area contributed by atoms with Gasteiger partial charge in [-0.25, -0.2) is 4.79 Å². The van der Waals surface area contributed by atoms with Crippen LogP contribution in [0.25, 0.3) is 22.1 Å². The zero-order chi connectivity index (χ0) is 25.3. The predicted octanol–water partition coefficient (Wildman–Crippen LogP) is 4.64. The van der Waals surface area contributed by atoms with E-state index in [2.05, 4.69) is 16.9 Å². The number of rotatable bonds is 7. The quantitative estimate of drug-likeness (QED) is 0.381. The maximum Gasteiger partial charge on any atom is 0.340 e. The van der Waals surface area contributed by atoms with Gasteiger partial charge in [-0.05, 0) is 59.5 Å². The topological polar surface area (TPSA) is 82.9 Å². The van der Waals surface area contributed by atoms with E-state index in [1.165, 1.54) is 14.1 Å². The number of hydrogen-bond donors (Lipinski definition) is 1. The maximum atomic E-state index is 12.9. The molecule has 35 heavy (non-hydrogen) atoms. The van der Waals surface area contributed by atoms with Gasteiger partial charge in [-0.3, -0.25) is 4.72 Å². The van der Waals surface area contributed by atoms with Crippen molar-refractivity contribution in [3.05, 3.63) is 93.8 Å². The fourth-order valence-electron chi connectivity index (χ4n) is 3.92. The van der Waals surface area contributed by atoms with Gasteiger partial charge in [0.25, 0.3) is 0 Å². The highest BCUT2D eigenvalue weighted by Crippen LogP contribution is 2.28. The van der Waals surface area contributed by atoms with E-state index < -0.39 is 15.8 Å². The Kier molecular flexibility index (Phi) is 6.69. The Hall–Kier alpha value is -3.62. The summed E-state index contributed by atoms with van der Waals surface area (Å²) < 4.78 is 33.7. The van der Waals surface area contributed by atoms with Crippen LogP contribution in [0.3, 0.4) is 0 Å². The lowest BCUT2D eigenvalue weighted by molar-refractivity contribution is 0.527. The van der Waals surface area contributed by atoms with Crippen LogP contribution in [0.2, 0.25) is 0 Å². The molecule has 3 aromatic carbocycles. The van der Waals surface area contributed by atoms with Crippen LogP contribution in [0.4, 0.5) is 11.4 Å². The van der Waals surface area contributed by atoms with Gasteiger partial charge in [0.15, 0.2) is 0 Å². The Balaban J connectivity index is 1.66. The fourth-order valence-corrected chi connectivity index (χ4v) is 4.53. The van der Waals surface area contributed by atoms with Crippen LogP contribution in [0.15, 0.2) is 75.9 Å². The minimum absolute atomic E-state index is 0.329. The molecule has 0 spiro atoms. The van der Waals surface area contributed by atoms with Crippen molar-refractivity contribution in [2.45, 2.75) is 13.3 Å². The predicted molar refractivity (Wildman–Crippen MR) is 142 cm³/mol. The van der Waals surface area contributed by atoms with E-state index >= 15 is 0 Å². The Morgan fingerprint density at radius 2 is 1.57 bits per heavy atom. The second-order valence-corrected chi connectivity index (χ2v) is 10.8. The first-order valence-corrected chi connectivity index (χ1v) is 12.6. The van der Waals surface area contributed by atoms with Crippen LogP contribution in [0.5, 0.6) is 0 Å². The molecule has 0 aliphatic rings. The van der Waals surface area contributed by atoms with Gasteiger partial charge in [0.05, 0.1) is 5.69 Å². The van der Waals surface area contributed by atoms with Crippen LogP contribution in [0.1, 0.15) is 16.7 Å². The van der Waals surface area contributed by atoms with Crippen molar-refractivity contribution >= 4 is 32.6 Å². The molecule has 0 saturated carbocycles. The molecule has 0 aliphatic heterocycles. The summed E-state index contributed by atoms with van der Waals surface area (Å²) in [6.45, 7) is 1.92. The van der Waals surface area contributed by atoms with E-state index in [1.54, 1.807) is 18.2 Å². The lowest BCUT2D eigenvalue weighted by Gasteiger charge is -2.14. The second-order valence-electron chi connectivity index (χ2n) is 8.91. The van der Waals surface area contributed by atoms with Gasteiger partial charge in [0.1, 0.15) is 5.58 Å². The minimum Gasteiger partial charge on any atom is -0.422 e. The van der Waals surface area contributed by atoms with Crippen molar-refractivity contribution in [2.24, 2.45) is 0 Å². The summed E-state index contributed by atoms with van der Waals surface area (Å²) in [5.41, 5.74) is 5.91. The van der Waals surface area contributed by atoms with Crippen molar-refractivity contribution in [2.75, 3.05) is 37.8 Å². The third-order valence-corrected chi connectivity index (χ3v) is 7.49. The zero-order valence-electron chi connectivity index (χ0n) is 20.5. The highest BCUT2D eigenvalue weighted by Gasteiger charge is 2.15. The molecule has 0 atom stereocenters. The molecule has 1 aromatic heterocycles. The van der Waals surface area contributed by atoms with Crippen molar-refractivity contribution in [1.29, 1.82) is 0 Å². The Bertz CT molecular complexity index is 1540. The van der Waals surface area contributed by atoms with Crippen molar-refractivity contribution in [3.63, 3.8) is 0 Å². The summed E-state index contributed by atoms with van der Waals surface area (Å²) in [6.07, 6.45) is 0.329. The van der Waals surface area contributed by atoms with Gasteiger partial charge in [-0.2, -0.15) is 12.7 Å². The molecular weight excluding hydrogens is 462 g/mol. The molecule has 1 heterocycles. The summed E-state index contributed by atoms with van der Waals surface area (Å²) in [6, 6.07) is 21.1. The van der Waals surface area contributed by atoms with Crippen LogP contribution >= 0.6 is 0 Å². The van der Waals surface area contributed by atoms with Gasteiger partial charge >= 0.3 is 15.8 Å². The lowest BCUT2D eigenvalue weighted by Crippen LogP contribution is -2.28. The van der Waals surface area contributed by atoms with E-state index in [4.69, 9.17) is 4.42 Å². The fraction of sp³-hybridized carbons (Fsp3) is 0.222. The number of anilines is 2. The number of hydrogen-bond acceptors (Lipinski definition) is 5. The molecular formula is C27H29N3O4S. The highest BCUT2D eigenvalue weighted by atomic mass is 32.2. The Morgan fingerprint density at radius 3 is 2.23 bits per heavy atom. The molecule has 182 valence electrons. The zero-order valence-corrected chi connectivity index (χ0v) is 21.3. The molecule has 7 nitrogen and oxygen atoms in total. The first-order chi connectivity index (χ1) is 16.5. The van der Waals surface area contributed by atoms with Gasteiger partial charge < -0.3 is 9.32 Å². The third-order valence-electron chi connectivity index (χ3n) is 6.04. The molecule has 0 radical (unpaired) electrons. The Labute approximate surface area is 205 Å². The molecule has 8 heteroatoms. The van der Waals surface area contributed by atoms with Gasteiger partial charge in [-0.15, -0.1) is 0 Å². The van der Waals surface area contributed by atoms with Crippen LogP contribution in [-0.4, -0.2) is 40.9 Å². The van der Waals surface area contributed by atoms with E-state index in [0.29, 0.717) is 23.3 Å². The van der Waals surface area contributed by atoms with Crippen molar-refractivity contribution < 1.29 is 12.8 Å². The molecule has 0 unspecified atom stereocenters. The summed E-state index contributed by atoms with van der Waals surface area (Å²) in [7, 11) is 3.29. The second kappa shape index (κ2) is 9.56. The molecule has 0 fully saturated rings. The van der Waals surface area contributed by atoms with Gasteiger partial charge in [-0.1, -0.05) is 36.4 Å². The normalized spacial score (nSPS) is 11.7. The first kappa shape index (κ1) is 24.5. The molecule has 0 aliphatic carbocycles. The smallest absolute Gasteiger partial charge is 0.340 e. The Morgan fingerprint density at radius 1 is 0.886 bits per heavy atom. The average molecular weight is 492 g/mol. The third kappa shape index (κ3) is 5.23. The van der Waals surface area contributed by atoms with Crippen LogP contribution in [-0.2, 0) is 16.6 Å². The van der Waals surface area contributed by atoms with Gasteiger partial charge in [0.2, 0.25) is 0 Å². The van der Waals surface area contributed by atoms with E-state index in [-0.39, 0.29) is 0 Å². The molecule has 0 saturated heterocycles. The minimum atomic E-state index is -3.62. The van der Waals surface area contributed by atoms with E-state index in [1.807, 2.05) is 62.3 Å². The molecule has 4 aromatic rings. The number of fused-ring (bicyclic) bond motifs is 1. The summed E-state index contributed by atoms with van der Waals surface area (Å²) in [5, 5.41) is 0.873. The van der Waals surface area contributed by atoms with E-state index in [9.17, 15) is 13.2 Å². The van der Waals surface area contributed by atoms with Crippen LogP contribution in [0, 0.1) is 6.92 Å². The summed E-state index contributed by atoms with van der Waals surface area (Å²) >= 11 is 0. The van der Waals surface area contributed by atoms with Crippen LogP contribution < -0.4 is 15.2 Å². The number of aryl methyl sites for hydroxylation is 1. The monoisotopic (exact) mass is 491 g/mol. The number of nitrogens with one attached hydrogen (secondary N) is 1. The number of nitrogens with zero attached hydrogens (tertiary/aromatic N) is 2. The van der Waals surface area contributed by atoms with Crippen molar-refractivity contribution in [1.82, 2.24) is 4.31 Å². The van der Waals surface area contributed by atoms with Crippen molar-refractivity contribution in [3.8, 4) is 11.1 Å². The standard InChI is InChI=1S/C27H29N3O4S/c1-18-24-14-11-21(20-9-12-23(13-10-20)29(2)3)17-26(24)34-27(31)25(18)16-19-7-6-8-22(15-19)28-35(32,33)30(4)5/h6-15,17,28H,16H2,1-5H3. The summed E-state index contributed by atoms with van der Waals surface area (Å²) in [4.78, 5) is 15.0. The molecule has 0 amide bonds. The highest BCUT2D eigenvalue weighted by molar-refractivity contribution is 7.90. The molecule has 1 N–H and O–H groups in total. The first-order valence-electron chi connectivity index (χ1n) is 11.2. The molecule has 0 bridgehead atoms. The average Bonchev–Trinajstić information content (AvgIpc) is 2.81. The lowest BCUT2D eigenvalue weighted by atomic mass is 9.97. The SMILES string of the molecule is Cc1c(Cc2cccc(NS(=O)(=O)N(C)C)c2)c(=O)oc2cc(-c3ccc(N(C)C)cc3)ccc12. The maximum absolute atomic E-state index is 12.9.